The first-order valence-electron chi connectivity index (χ1n) is 12.4. The molecule has 4 atom stereocenters. The molecular formula is C29H23Cl2N3O3. The van der Waals surface area contributed by atoms with Gasteiger partial charge in [-0.15, -0.1) is 0 Å². The summed E-state index contributed by atoms with van der Waals surface area (Å²) in [6.45, 7) is 2.49. The second-order valence-corrected chi connectivity index (χ2v) is 11.2. The van der Waals surface area contributed by atoms with Crippen LogP contribution in [-0.4, -0.2) is 35.1 Å². The number of halogens is 2. The summed E-state index contributed by atoms with van der Waals surface area (Å²) >= 11 is 13.2. The Balaban J connectivity index is 1.62. The fourth-order valence-corrected chi connectivity index (χ4v) is 8.15. The number of aryl methyl sites for hydroxylation is 1. The Labute approximate surface area is 223 Å². The van der Waals surface area contributed by atoms with Gasteiger partial charge in [-0.25, -0.2) is 0 Å². The number of anilines is 2. The van der Waals surface area contributed by atoms with E-state index in [4.69, 9.17) is 23.2 Å². The zero-order valence-corrected chi connectivity index (χ0v) is 21.5. The predicted octanol–water partition coefficient (Wildman–Crippen LogP) is 5.32. The number of amides is 2. The van der Waals surface area contributed by atoms with Crippen molar-refractivity contribution in [1.82, 2.24) is 4.90 Å². The average Bonchev–Trinajstić information content (AvgIpc) is 3.58. The van der Waals surface area contributed by atoms with Gasteiger partial charge in [-0.1, -0.05) is 59.6 Å². The number of Topliss-reactive ketones (excluding diaryl/α,β-unsaturated/α-hetero) is 1. The van der Waals surface area contributed by atoms with Gasteiger partial charge in [0.25, 0.3) is 5.91 Å². The van der Waals surface area contributed by atoms with Crippen LogP contribution in [0.15, 0.2) is 60.7 Å². The van der Waals surface area contributed by atoms with Crippen molar-refractivity contribution in [1.29, 1.82) is 0 Å². The van der Waals surface area contributed by atoms with Crippen molar-refractivity contribution in [3.8, 4) is 0 Å². The Morgan fingerprint density at radius 3 is 2.51 bits per heavy atom. The highest BCUT2D eigenvalue weighted by atomic mass is 35.5. The van der Waals surface area contributed by atoms with Crippen LogP contribution in [0.25, 0.3) is 0 Å². The number of carbonyl (C=O) groups is 3. The molecule has 0 radical (unpaired) electrons. The van der Waals surface area contributed by atoms with E-state index in [0.29, 0.717) is 51.1 Å². The quantitative estimate of drug-likeness (QED) is 0.439. The fourth-order valence-electron chi connectivity index (χ4n) is 7.60. The van der Waals surface area contributed by atoms with Crippen LogP contribution in [0.5, 0.6) is 0 Å². The van der Waals surface area contributed by atoms with E-state index in [1.807, 2.05) is 37.3 Å². The molecule has 37 heavy (non-hydrogen) atoms. The second kappa shape index (κ2) is 7.67. The highest BCUT2D eigenvalue weighted by molar-refractivity contribution is 6.36. The SMILES string of the molecule is Cc1cc(Cl)c2c(c1)[C@]1(C(=O)N2)N2CCC[C@H]2[C@@H](C(=O)c2ccccc2Cl)[C@]12C(=O)Nc1ccccc12. The van der Waals surface area contributed by atoms with Crippen molar-refractivity contribution < 1.29 is 14.4 Å². The van der Waals surface area contributed by atoms with E-state index in [2.05, 4.69) is 15.5 Å². The molecule has 4 heterocycles. The largest absolute Gasteiger partial charge is 0.325 e. The summed E-state index contributed by atoms with van der Waals surface area (Å²) in [6.07, 6.45) is 1.49. The molecule has 7 rings (SSSR count). The second-order valence-electron chi connectivity index (χ2n) is 10.4. The van der Waals surface area contributed by atoms with Crippen molar-refractivity contribution in [3.05, 3.63) is 93.0 Å². The molecule has 0 saturated carbocycles. The number of nitrogens with one attached hydrogen (secondary N) is 2. The molecule has 4 aliphatic rings. The minimum absolute atomic E-state index is 0.230. The maximum absolute atomic E-state index is 14.6. The number of rotatable bonds is 2. The number of hydrogen-bond acceptors (Lipinski definition) is 4. The summed E-state index contributed by atoms with van der Waals surface area (Å²) in [5.74, 6) is -1.75. The van der Waals surface area contributed by atoms with E-state index in [9.17, 15) is 14.4 Å². The van der Waals surface area contributed by atoms with Gasteiger partial charge < -0.3 is 10.6 Å². The van der Waals surface area contributed by atoms with E-state index < -0.39 is 16.9 Å². The van der Waals surface area contributed by atoms with Gasteiger partial charge in [0.1, 0.15) is 11.0 Å². The summed E-state index contributed by atoms with van der Waals surface area (Å²) in [4.78, 5) is 45.6. The molecule has 6 nitrogen and oxygen atoms in total. The number of nitrogens with zero attached hydrogens (tertiary/aromatic N) is 1. The third-order valence-electron chi connectivity index (χ3n) is 8.72. The Morgan fingerprint density at radius 2 is 1.70 bits per heavy atom. The van der Waals surface area contributed by atoms with E-state index in [1.54, 1.807) is 30.3 Å². The molecule has 0 unspecified atom stereocenters. The van der Waals surface area contributed by atoms with Gasteiger partial charge in [0.05, 0.1) is 21.7 Å². The van der Waals surface area contributed by atoms with Crippen LogP contribution in [0.2, 0.25) is 10.0 Å². The standard InChI is InChI=1S/C29H23Cl2N3O3/c1-15-13-18-24(20(31)14-15)33-27(37)29(18)28(17-8-3-5-10-21(17)32-26(28)36)23(22-11-6-12-34(22)29)25(35)16-7-2-4-9-19(16)30/h2-5,7-10,13-14,22-23H,6,11-12H2,1H3,(H,32,36)(H,33,37)/t22-,23-,28+,29+/m0/s1. The molecule has 3 aromatic rings. The van der Waals surface area contributed by atoms with Gasteiger partial charge in [-0.3, -0.25) is 19.3 Å². The molecule has 0 aliphatic carbocycles. The maximum atomic E-state index is 14.6. The van der Waals surface area contributed by atoms with Gasteiger partial charge >= 0.3 is 0 Å². The first kappa shape index (κ1) is 23.0. The van der Waals surface area contributed by atoms with Gasteiger partial charge in [-0.2, -0.15) is 0 Å². The number of fused-ring (bicyclic) bond motifs is 7. The summed E-state index contributed by atoms with van der Waals surface area (Å²) in [5, 5.41) is 6.80. The Kier molecular flexibility index (Phi) is 4.76. The molecular weight excluding hydrogens is 509 g/mol. The van der Waals surface area contributed by atoms with Crippen molar-refractivity contribution in [2.75, 3.05) is 17.2 Å². The van der Waals surface area contributed by atoms with Gasteiger partial charge in [0, 0.05) is 22.9 Å². The minimum atomic E-state index is -1.52. The molecule has 0 aromatic heterocycles. The number of carbonyl (C=O) groups excluding carboxylic acids is 3. The molecule has 186 valence electrons. The zero-order chi connectivity index (χ0) is 25.7. The first-order chi connectivity index (χ1) is 17.8. The minimum Gasteiger partial charge on any atom is -0.325 e. The predicted molar refractivity (Wildman–Crippen MR) is 142 cm³/mol. The van der Waals surface area contributed by atoms with E-state index in [-0.39, 0.29) is 23.6 Å². The van der Waals surface area contributed by atoms with Gasteiger partial charge in [0.15, 0.2) is 5.78 Å². The van der Waals surface area contributed by atoms with Crippen LogP contribution in [0.3, 0.4) is 0 Å². The van der Waals surface area contributed by atoms with Crippen LogP contribution in [-0.2, 0) is 20.5 Å². The van der Waals surface area contributed by atoms with Crippen LogP contribution in [0.1, 0.15) is 39.9 Å². The number of benzene rings is 3. The molecule has 0 bridgehead atoms. The normalized spacial score (nSPS) is 29.4. The molecule has 2 fully saturated rings. The molecule has 4 aliphatic heterocycles. The van der Waals surface area contributed by atoms with Crippen molar-refractivity contribution in [2.24, 2.45) is 5.92 Å². The van der Waals surface area contributed by atoms with Crippen molar-refractivity contribution in [3.63, 3.8) is 0 Å². The van der Waals surface area contributed by atoms with Crippen molar-refractivity contribution >= 4 is 52.2 Å². The van der Waals surface area contributed by atoms with Crippen LogP contribution in [0, 0.1) is 12.8 Å². The molecule has 2 saturated heterocycles. The van der Waals surface area contributed by atoms with E-state index in [1.165, 1.54) is 0 Å². The lowest BCUT2D eigenvalue weighted by Crippen LogP contribution is -2.62. The number of hydrogen-bond donors (Lipinski definition) is 2. The lowest BCUT2D eigenvalue weighted by molar-refractivity contribution is -0.137. The summed E-state index contributed by atoms with van der Waals surface area (Å²) in [6, 6.07) is 17.7. The summed E-state index contributed by atoms with van der Waals surface area (Å²) in [7, 11) is 0. The first-order valence-corrected chi connectivity index (χ1v) is 13.2. The Hall–Kier alpha value is -3.19. The molecule has 2 amide bonds. The van der Waals surface area contributed by atoms with Crippen LogP contribution < -0.4 is 10.6 Å². The van der Waals surface area contributed by atoms with E-state index in [0.717, 1.165) is 12.0 Å². The number of para-hydroxylation sites is 1. The third-order valence-corrected chi connectivity index (χ3v) is 9.35. The monoisotopic (exact) mass is 531 g/mol. The lowest BCUT2D eigenvalue weighted by atomic mass is 9.57. The summed E-state index contributed by atoms with van der Waals surface area (Å²) < 4.78 is 0. The average molecular weight is 532 g/mol. The smallest absolute Gasteiger partial charge is 0.251 e. The van der Waals surface area contributed by atoms with Crippen LogP contribution >= 0.6 is 23.2 Å². The van der Waals surface area contributed by atoms with Gasteiger partial charge in [-0.05, 0) is 61.7 Å². The molecule has 3 aromatic carbocycles. The zero-order valence-electron chi connectivity index (χ0n) is 20.0. The fraction of sp³-hybridized carbons (Fsp3) is 0.276. The van der Waals surface area contributed by atoms with Crippen LogP contribution in [0.4, 0.5) is 11.4 Å². The third kappa shape index (κ3) is 2.58. The highest BCUT2D eigenvalue weighted by Gasteiger charge is 2.81. The molecule has 2 spiro atoms. The summed E-state index contributed by atoms with van der Waals surface area (Å²) in [5.41, 5.74) is 0.689. The maximum Gasteiger partial charge on any atom is 0.251 e. The topological polar surface area (TPSA) is 78.5 Å². The molecule has 8 heteroatoms. The lowest BCUT2D eigenvalue weighted by Gasteiger charge is -2.43. The van der Waals surface area contributed by atoms with Gasteiger partial charge in [0.2, 0.25) is 5.91 Å². The number of ketones is 1. The Morgan fingerprint density at radius 1 is 0.946 bits per heavy atom. The Bertz CT molecular complexity index is 1560. The molecule has 2 N–H and O–H groups in total. The highest BCUT2D eigenvalue weighted by Crippen LogP contribution is 2.68. The van der Waals surface area contributed by atoms with Crippen molar-refractivity contribution in [2.45, 2.75) is 36.8 Å². The van der Waals surface area contributed by atoms with E-state index >= 15 is 0 Å².